The van der Waals surface area contributed by atoms with Crippen LogP contribution in [0.2, 0.25) is 5.02 Å². The molecule has 0 aliphatic rings. The first-order valence-electron chi connectivity index (χ1n) is 8.37. The smallest absolute Gasteiger partial charge is 0.338 e. The molecule has 1 amide bonds. The molecule has 0 aliphatic heterocycles. The van der Waals surface area contributed by atoms with Crippen molar-refractivity contribution in [1.29, 1.82) is 0 Å². The number of carbonyl (C=O) groups excluding carboxylic acids is 2. The maximum atomic E-state index is 12.0. The van der Waals surface area contributed by atoms with Crippen molar-refractivity contribution >= 4 is 34.9 Å². The van der Waals surface area contributed by atoms with Crippen molar-refractivity contribution in [3.05, 3.63) is 94.5 Å². The number of halogens is 1. The van der Waals surface area contributed by atoms with Crippen molar-refractivity contribution in [1.82, 2.24) is 0 Å². The van der Waals surface area contributed by atoms with Crippen LogP contribution < -0.4 is 5.48 Å². The van der Waals surface area contributed by atoms with Crippen molar-refractivity contribution in [2.24, 2.45) is 10.2 Å². The fourth-order valence-corrected chi connectivity index (χ4v) is 2.54. The quantitative estimate of drug-likeness (QED) is 0.441. The zero-order valence-corrected chi connectivity index (χ0v) is 15.7. The van der Waals surface area contributed by atoms with Crippen LogP contribution in [0.1, 0.15) is 26.3 Å². The van der Waals surface area contributed by atoms with Crippen molar-refractivity contribution in [2.45, 2.75) is 6.92 Å². The second kappa shape index (κ2) is 8.92. The third-order valence-electron chi connectivity index (χ3n) is 3.74. The van der Waals surface area contributed by atoms with E-state index in [-0.39, 0.29) is 5.56 Å². The van der Waals surface area contributed by atoms with E-state index in [0.29, 0.717) is 22.0 Å². The first-order valence-corrected chi connectivity index (χ1v) is 8.75. The fraction of sp³-hybridized carbons (Fsp3) is 0.0476. The summed E-state index contributed by atoms with van der Waals surface area (Å²) in [6.45, 7) is 1.90. The van der Waals surface area contributed by atoms with Crippen LogP contribution in [0.15, 0.2) is 83.0 Å². The molecule has 0 spiro atoms. The molecule has 0 heterocycles. The van der Waals surface area contributed by atoms with Gasteiger partial charge in [0, 0.05) is 5.56 Å². The predicted octanol–water partition coefficient (Wildman–Crippen LogP) is 5.76. The predicted molar refractivity (Wildman–Crippen MR) is 107 cm³/mol. The van der Waals surface area contributed by atoms with Gasteiger partial charge in [-0.2, -0.15) is 0 Å². The van der Waals surface area contributed by atoms with Crippen LogP contribution in [0.4, 0.5) is 11.4 Å². The molecule has 0 atom stereocenters. The summed E-state index contributed by atoms with van der Waals surface area (Å²) in [6, 6.07) is 20.3. The van der Waals surface area contributed by atoms with Gasteiger partial charge < -0.3 is 4.84 Å². The second-order valence-electron chi connectivity index (χ2n) is 5.89. The van der Waals surface area contributed by atoms with Crippen molar-refractivity contribution in [3.63, 3.8) is 0 Å². The highest BCUT2D eigenvalue weighted by Crippen LogP contribution is 2.19. The lowest BCUT2D eigenvalue weighted by molar-refractivity contribution is 0.0596. The molecule has 3 aromatic carbocycles. The third-order valence-corrected chi connectivity index (χ3v) is 4.07. The van der Waals surface area contributed by atoms with Gasteiger partial charge in [0.25, 0.3) is 5.91 Å². The number of aryl methyl sites for hydroxylation is 1. The molecule has 0 saturated carbocycles. The van der Waals surface area contributed by atoms with Gasteiger partial charge in [-0.25, -0.2) is 10.3 Å². The number of hydrogen-bond acceptors (Lipinski definition) is 5. The van der Waals surface area contributed by atoms with Gasteiger partial charge >= 0.3 is 5.97 Å². The highest BCUT2D eigenvalue weighted by atomic mass is 35.5. The molecule has 1 N–H and O–H groups in total. The van der Waals surface area contributed by atoms with E-state index in [4.69, 9.17) is 16.4 Å². The van der Waals surface area contributed by atoms with Gasteiger partial charge in [-0.1, -0.05) is 41.4 Å². The summed E-state index contributed by atoms with van der Waals surface area (Å²) in [7, 11) is 0. The molecule has 0 aromatic heterocycles. The van der Waals surface area contributed by atoms with Gasteiger partial charge in [-0.05, 0) is 55.5 Å². The highest BCUT2D eigenvalue weighted by molar-refractivity contribution is 6.33. The monoisotopic (exact) mass is 393 g/mol. The Balaban J connectivity index is 1.58. The van der Waals surface area contributed by atoms with E-state index in [0.717, 1.165) is 5.56 Å². The Morgan fingerprint density at radius 2 is 1.71 bits per heavy atom. The van der Waals surface area contributed by atoms with E-state index in [1.807, 2.05) is 13.0 Å². The summed E-state index contributed by atoms with van der Waals surface area (Å²) in [5.41, 5.74) is 5.28. The average Bonchev–Trinajstić information content (AvgIpc) is 2.71. The maximum Gasteiger partial charge on any atom is 0.364 e. The molecular weight excluding hydrogens is 378 g/mol. The minimum Gasteiger partial charge on any atom is -0.338 e. The molecule has 140 valence electrons. The van der Waals surface area contributed by atoms with Gasteiger partial charge in [0.1, 0.15) is 0 Å². The highest BCUT2D eigenvalue weighted by Gasteiger charge is 2.11. The van der Waals surface area contributed by atoms with E-state index in [1.54, 1.807) is 66.7 Å². The van der Waals surface area contributed by atoms with Gasteiger partial charge in [0.2, 0.25) is 0 Å². The topological polar surface area (TPSA) is 80.1 Å². The summed E-state index contributed by atoms with van der Waals surface area (Å²) in [6.07, 6.45) is 0. The number of hydrogen-bond donors (Lipinski definition) is 1. The molecule has 3 aromatic rings. The van der Waals surface area contributed by atoms with E-state index >= 15 is 0 Å². The van der Waals surface area contributed by atoms with E-state index < -0.39 is 11.9 Å². The molecule has 0 bridgehead atoms. The molecule has 0 saturated heterocycles. The van der Waals surface area contributed by atoms with Gasteiger partial charge in [0.05, 0.1) is 22.0 Å². The molecular formula is C21H16ClN3O3. The van der Waals surface area contributed by atoms with Gasteiger partial charge in [0.15, 0.2) is 0 Å². The Bertz CT molecular complexity index is 1030. The lowest BCUT2D eigenvalue weighted by Crippen LogP contribution is -2.11. The number of amides is 1. The van der Waals surface area contributed by atoms with E-state index in [1.165, 1.54) is 0 Å². The van der Waals surface area contributed by atoms with Crippen LogP contribution in [-0.4, -0.2) is 11.9 Å². The van der Waals surface area contributed by atoms with E-state index in [2.05, 4.69) is 15.7 Å². The maximum absolute atomic E-state index is 12.0. The Hall–Kier alpha value is -3.51. The lowest BCUT2D eigenvalue weighted by Gasteiger charge is -2.07. The number of rotatable bonds is 5. The standard InChI is InChI=1S/C21H16ClN3O3/c1-14-5-4-6-15(13-14)20(26)24-23-16-9-11-17(12-10-16)25-28-21(27)18-7-2-3-8-19(18)22/h2-13,25H,1H3. The number of nitrogens with one attached hydrogen (secondary N) is 1. The van der Waals surface area contributed by atoms with Gasteiger partial charge in [-0.15, -0.1) is 10.2 Å². The largest absolute Gasteiger partial charge is 0.364 e. The fourth-order valence-electron chi connectivity index (χ4n) is 2.32. The molecule has 0 fully saturated rings. The Morgan fingerprint density at radius 1 is 0.964 bits per heavy atom. The van der Waals surface area contributed by atoms with Crippen LogP contribution in [-0.2, 0) is 4.84 Å². The normalized spacial score (nSPS) is 10.6. The molecule has 7 heteroatoms. The second-order valence-corrected chi connectivity index (χ2v) is 6.30. The van der Waals surface area contributed by atoms with Crippen LogP contribution in [0.25, 0.3) is 0 Å². The Morgan fingerprint density at radius 3 is 2.43 bits per heavy atom. The van der Waals surface area contributed by atoms with Crippen molar-refractivity contribution < 1.29 is 14.4 Å². The zero-order valence-electron chi connectivity index (χ0n) is 14.9. The average molecular weight is 394 g/mol. The SMILES string of the molecule is Cc1cccc(C(=O)N=Nc2ccc(NOC(=O)c3ccccc3Cl)cc2)c1. The first kappa shape index (κ1) is 19.3. The lowest BCUT2D eigenvalue weighted by atomic mass is 10.1. The van der Waals surface area contributed by atoms with E-state index in [9.17, 15) is 9.59 Å². The van der Waals surface area contributed by atoms with Crippen LogP contribution >= 0.6 is 11.6 Å². The summed E-state index contributed by atoms with van der Waals surface area (Å²) < 4.78 is 0. The molecule has 0 unspecified atom stereocenters. The minimum absolute atomic E-state index is 0.261. The van der Waals surface area contributed by atoms with Gasteiger partial charge in [-0.3, -0.25) is 4.79 Å². The zero-order chi connectivity index (χ0) is 19.9. The Kier molecular flexibility index (Phi) is 6.14. The number of azo groups is 1. The Labute approximate surface area is 166 Å². The van der Waals surface area contributed by atoms with Crippen molar-refractivity contribution in [3.8, 4) is 0 Å². The molecule has 0 aliphatic carbocycles. The van der Waals surface area contributed by atoms with Crippen LogP contribution in [0, 0.1) is 6.92 Å². The molecule has 0 radical (unpaired) electrons. The summed E-state index contributed by atoms with van der Waals surface area (Å²) in [5, 5.41) is 7.96. The summed E-state index contributed by atoms with van der Waals surface area (Å²) in [4.78, 5) is 29.1. The summed E-state index contributed by atoms with van der Waals surface area (Å²) >= 11 is 5.96. The van der Waals surface area contributed by atoms with Crippen LogP contribution in [0.3, 0.4) is 0 Å². The molecule has 28 heavy (non-hydrogen) atoms. The molecule has 6 nitrogen and oxygen atoms in total. The number of carbonyl (C=O) groups is 2. The number of anilines is 1. The number of nitrogens with zero attached hydrogens (tertiary/aromatic N) is 2. The first-order chi connectivity index (χ1) is 13.5. The minimum atomic E-state index is -0.599. The summed E-state index contributed by atoms with van der Waals surface area (Å²) in [5.74, 6) is -1.02. The van der Waals surface area contributed by atoms with Crippen molar-refractivity contribution in [2.75, 3.05) is 5.48 Å². The van der Waals surface area contributed by atoms with Crippen LogP contribution in [0.5, 0.6) is 0 Å². The molecule has 3 rings (SSSR count). The third kappa shape index (κ3) is 5.02. The number of benzene rings is 3.